The number of nitrogen functional groups attached to an aromatic ring is 1. The first-order valence-corrected chi connectivity index (χ1v) is 16.1. The Bertz CT molecular complexity index is 2300. The highest BCUT2D eigenvalue weighted by atomic mass is 15.1. The first kappa shape index (κ1) is 27.2. The molecule has 1 aliphatic carbocycles. The number of fused-ring (bicyclic) bond motifs is 5. The number of benzene rings is 8. The van der Waals surface area contributed by atoms with Crippen molar-refractivity contribution in [3.8, 4) is 11.1 Å². The highest BCUT2D eigenvalue weighted by Gasteiger charge is 2.46. The van der Waals surface area contributed by atoms with Gasteiger partial charge >= 0.3 is 0 Å². The molecule has 0 atom stereocenters. The van der Waals surface area contributed by atoms with Crippen LogP contribution < -0.4 is 10.6 Å². The van der Waals surface area contributed by atoms with Crippen molar-refractivity contribution in [2.45, 2.75) is 5.41 Å². The van der Waals surface area contributed by atoms with Gasteiger partial charge in [-0.1, -0.05) is 146 Å². The molecule has 1 aliphatic rings. The molecule has 0 bridgehead atoms. The molecule has 2 nitrogen and oxygen atoms in total. The van der Waals surface area contributed by atoms with Crippen LogP contribution in [0.25, 0.3) is 32.7 Å². The highest BCUT2D eigenvalue weighted by Crippen LogP contribution is 2.58. The topological polar surface area (TPSA) is 29.3 Å². The van der Waals surface area contributed by atoms with E-state index in [1.54, 1.807) is 0 Å². The Morgan fingerprint density at radius 1 is 0.404 bits per heavy atom. The molecule has 0 saturated heterocycles. The molecule has 0 saturated carbocycles. The van der Waals surface area contributed by atoms with Crippen LogP contribution in [-0.4, -0.2) is 0 Å². The molecule has 47 heavy (non-hydrogen) atoms. The van der Waals surface area contributed by atoms with E-state index in [-0.39, 0.29) is 0 Å². The Kier molecular flexibility index (Phi) is 6.22. The lowest BCUT2D eigenvalue weighted by molar-refractivity contribution is 0.769. The van der Waals surface area contributed by atoms with E-state index < -0.39 is 5.41 Å². The minimum absolute atomic E-state index is 0.554. The van der Waals surface area contributed by atoms with Crippen molar-refractivity contribution < 1.29 is 0 Å². The molecule has 0 fully saturated rings. The molecule has 8 aromatic carbocycles. The molecule has 0 radical (unpaired) electrons. The molecular weight excluding hydrogens is 569 g/mol. The van der Waals surface area contributed by atoms with E-state index in [2.05, 4.69) is 181 Å². The van der Waals surface area contributed by atoms with Crippen molar-refractivity contribution in [3.05, 3.63) is 204 Å². The average molecular weight is 601 g/mol. The number of anilines is 4. The summed E-state index contributed by atoms with van der Waals surface area (Å²) in [5.41, 5.74) is 17.5. The highest BCUT2D eigenvalue weighted by molar-refractivity contribution is 6.05. The van der Waals surface area contributed by atoms with Crippen molar-refractivity contribution in [3.63, 3.8) is 0 Å². The Labute approximate surface area is 275 Å². The third-order valence-corrected chi connectivity index (χ3v) is 9.83. The van der Waals surface area contributed by atoms with Crippen LogP contribution in [0, 0.1) is 0 Å². The maximum absolute atomic E-state index is 6.57. The van der Waals surface area contributed by atoms with E-state index >= 15 is 0 Å². The lowest BCUT2D eigenvalue weighted by Crippen LogP contribution is -2.29. The Hall–Kier alpha value is -6.12. The van der Waals surface area contributed by atoms with Crippen LogP contribution in [-0.2, 0) is 5.41 Å². The number of nitrogens with two attached hydrogens (primary N) is 1. The number of nitrogens with zero attached hydrogens (tertiary/aromatic N) is 1. The normalized spacial score (nSPS) is 12.9. The number of rotatable bonds is 5. The van der Waals surface area contributed by atoms with Gasteiger partial charge in [0.25, 0.3) is 0 Å². The molecule has 0 aromatic heterocycles. The number of hydrogen-bond acceptors (Lipinski definition) is 2. The van der Waals surface area contributed by atoms with Crippen LogP contribution >= 0.6 is 0 Å². The standard InChI is InChI=1S/C45H32N2/c46-35-25-27-39-40-28-26-36(30-42(40)45(41(39)29-35,33-17-3-1-4-18-33)34-19-5-2-6-20-34)47(43-23-11-15-31-13-7-9-21-37(31)43)44-24-12-16-32-14-8-10-22-38(32)44/h1-30H,46H2. The van der Waals surface area contributed by atoms with Gasteiger partial charge in [0.1, 0.15) is 0 Å². The maximum Gasteiger partial charge on any atom is 0.0715 e. The first-order valence-electron chi connectivity index (χ1n) is 16.1. The zero-order chi connectivity index (χ0) is 31.4. The summed E-state index contributed by atoms with van der Waals surface area (Å²) < 4.78 is 0. The van der Waals surface area contributed by atoms with Gasteiger partial charge in [-0.15, -0.1) is 0 Å². The van der Waals surface area contributed by atoms with Crippen molar-refractivity contribution in [2.75, 3.05) is 10.6 Å². The summed E-state index contributed by atoms with van der Waals surface area (Å²) in [6.07, 6.45) is 0. The lowest BCUT2D eigenvalue weighted by Gasteiger charge is -2.35. The quantitative estimate of drug-likeness (QED) is 0.199. The molecule has 0 spiro atoms. The summed E-state index contributed by atoms with van der Waals surface area (Å²) in [5, 5.41) is 4.83. The second kappa shape index (κ2) is 10.8. The summed E-state index contributed by atoms with van der Waals surface area (Å²) >= 11 is 0. The van der Waals surface area contributed by atoms with Crippen LogP contribution in [0.3, 0.4) is 0 Å². The largest absolute Gasteiger partial charge is 0.399 e. The summed E-state index contributed by atoms with van der Waals surface area (Å²) in [6.45, 7) is 0. The van der Waals surface area contributed by atoms with Crippen molar-refractivity contribution in [1.82, 2.24) is 0 Å². The first-order chi connectivity index (χ1) is 23.2. The van der Waals surface area contributed by atoms with Crippen molar-refractivity contribution in [1.29, 1.82) is 0 Å². The van der Waals surface area contributed by atoms with Crippen molar-refractivity contribution in [2.24, 2.45) is 0 Å². The SMILES string of the molecule is Nc1ccc2c(c1)C(c1ccccc1)(c1ccccc1)c1cc(N(c3cccc4ccccc34)c3cccc4ccccc34)ccc1-2. The van der Waals surface area contributed by atoms with E-state index in [4.69, 9.17) is 5.73 Å². The van der Waals surface area contributed by atoms with Gasteiger partial charge in [0.2, 0.25) is 0 Å². The zero-order valence-electron chi connectivity index (χ0n) is 25.8. The summed E-state index contributed by atoms with van der Waals surface area (Å²) in [6, 6.07) is 65.8. The maximum atomic E-state index is 6.57. The molecule has 2 N–H and O–H groups in total. The van der Waals surface area contributed by atoms with Gasteiger partial charge < -0.3 is 10.6 Å². The third kappa shape index (κ3) is 4.12. The van der Waals surface area contributed by atoms with Gasteiger partial charge in [-0.2, -0.15) is 0 Å². The fourth-order valence-electron chi connectivity index (χ4n) is 7.85. The smallest absolute Gasteiger partial charge is 0.0715 e. The van der Waals surface area contributed by atoms with Gasteiger partial charge in [0.15, 0.2) is 0 Å². The summed E-state index contributed by atoms with van der Waals surface area (Å²) in [7, 11) is 0. The van der Waals surface area contributed by atoms with E-state index in [0.717, 1.165) is 22.7 Å². The summed E-state index contributed by atoms with van der Waals surface area (Å²) in [4.78, 5) is 2.45. The molecule has 0 heterocycles. The van der Waals surface area contributed by atoms with Gasteiger partial charge in [0.05, 0.1) is 16.8 Å². The molecule has 0 aliphatic heterocycles. The van der Waals surface area contributed by atoms with Crippen LogP contribution in [0.2, 0.25) is 0 Å². The predicted octanol–water partition coefficient (Wildman–Crippen LogP) is 11.4. The molecule has 0 unspecified atom stereocenters. The Morgan fingerprint density at radius 3 is 1.45 bits per heavy atom. The molecule has 0 amide bonds. The molecule has 8 aromatic rings. The minimum Gasteiger partial charge on any atom is -0.399 e. The predicted molar refractivity (Wildman–Crippen MR) is 198 cm³/mol. The molecule has 222 valence electrons. The van der Waals surface area contributed by atoms with E-state index in [0.29, 0.717) is 0 Å². The Morgan fingerprint density at radius 2 is 0.872 bits per heavy atom. The average Bonchev–Trinajstić information content (AvgIpc) is 3.42. The van der Waals surface area contributed by atoms with E-state index in [1.807, 2.05) is 6.07 Å². The van der Waals surface area contributed by atoms with Gasteiger partial charge in [-0.05, 0) is 80.6 Å². The summed E-state index contributed by atoms with van der Waals surface area (Å²) in [5.74, 6) is 0. The Balaban J connectivity index is 1.39. The molecule has 9 rings (SSSR count). The van der Waals surface area contributed by atoms with Crippen LogP contribution in [0.5, 0.6) is 0 Å². The lowest BCUT2D eigenvalue weighted by atomic mass is 9.67. The fraction of sp³-hybridized carbons (Fsp3) is 0.0222. The van der Waals surface area contributed by atoms with Gasteiger partial charge in [0, 0.05) is 22.1 Å². The zero-order valence-corrected chi connectivity index (χ0v) is 25.8. The molecular formula is C45H32N2. The van der Waals surface area contributed by atoms with Gasteiger partial charge in [-0.25, -0.2) is 0 Å². The second-order valence-electron chi connectivity index (χ2n) is 12.3. The van der Waals surface area contributed by atoms with Crippen LogP contribution in [0.1, 0.15) is 22.3 Å². The molecule has 2 heteroatoms. The van der Waals surface area contributed by atoms with Crippen molar-refractivity contribution >= 4 is 44.3 Å². The minimum atomic E-state index is -0.554. The van der Waals surface area contributed by atoms with E-state index in [9.17, 15) is 0 Å². The second-order valence-corrected chi connectivity index (χ2v) is 12.3. The number of hydrogen-bond donors (Lipinski definition) is 1. The van der Waals surface area contributed by atoms with Gasteiger partial charge in [-0.3, -0.25) is 0 Å². The third-order valence-electron chi connectivity index (χ3n) is 9.83. The van der Waals surface area contributed by atoms with Crippen LogP contribution in [0.15, 0.2) is 182 Å². The van der Waals surface area contributed by atoms with Crippen LogP contribution in [0.4, 0.5) is 22.7 Å². The fourth-order valence-corrected chi connectivity index (χ4v) is 7.85. The van der Waals surface area contributed by atoms with E-state index in [1.165, 1.54) is 54.9 Å². The monoisotopic (exact) mass is 600 g/mol.